The highest BCUT2D eigenvalue weighted by atomic mass is 16.5. The third-order valence-electron chi connectivity index (χ3n) is 5.57. The van der Waals surface area contributed by atoms with E-state index in [9.17, 15) is 0 Å². The van der Waals surface area contributed by atoms with Crippen LogP contribution in [0.3, 0.4) is 0 Å². The van der Waals surface area contributed by atoms with Gasteiger partial charge in [-0.1, -0.05) is 39.0 Å². The van der Waals surface area contributed by atoms with Crippen LogP contribution in [0, 0.1) is 11.8 Å². The van der Waals surface area contributed by atoms with Crippen LogP contribution in [0.2, 0.25) is 0 Å². The Hall–Kier alpha value is -0.120. The van der Waals surface area contributed by atoms with Crippen LogP contribution in [-0.4, -0.2) is 18.2 Å². The van der Waals surface area contributed by atoms with Crippen LogP contribution < -0.4 is 11.3 Å². The van der Waals surface area contributed by atoms with Gasteiger partial charge in [0, 0.05) is 6.61 Å². The average Bonchev–Trinajstić information content (AvgIpc) is 2.90. The minimum Gasteiger partial charge on any atom is -0.374 e. The summed E-state index contributed by atoms with van der Waals surface area (Å²) in [5.41, 5.74) is 3.17. The first kappa shape index (κ1) is 15.3. The highest BCUT2D eigenvalue weighted by molar-refractivity contribution is 5.00. The first-order valence-electron chi connectivity index (χ1n) is 8.35. The fourth-order valence-electron chi connectivity index (χ4n) is 4.45. The minimum atomic E-state index is 0.0210. The van der Waals surface area contributed by atoms with Crippen molar-refractivity contribution in [3.05, 3.63) is 0 Å². The Bertz CT molecular complexity index is 255. The lowest BCUT2D eigenvalue weighted by Crippen LogP contribution is -2.57. The number of ether oxygens (including phenoxy) is 1. The van der Waals surface area contributed by atoms with Crippen molar-refractivity contribution < 1.29 is 4.74 Å². The second kappa shape index (κ2) is 7.05. The number of nitrogens with two attached hydrogens (primary N) is 1. The van der Waals surface area contributed by atoms with Crippen molar-refractivity contribution >= 4 is 0 Å². The van der Waals surface area contributed by atoms with Crippen LogP contribution in [0.1, 0.15) is 71.6 Å². The summed E-state index contributed by atoms with van der Waals surface area (Å²) < 4.78 is 6.21. The summed E-state index contributed by atoms with van der Waals surface area (Å²) in [4.78, 5) is 0. The van der Waals surface area contributed by atoms with E-state index in [1.54, 1.807) is 0 Å². The quantitative estimate of drug-likeness (QED) is 0.573. The fraction of sp³-hybridized carbons (Fsp3) is 1.00. The van der Waals surface area contributed by atoms with Gasteiger partial charge < -0.3 is 4.74 Å². The van der Waals surface area contributed by atoms with Gasteiger partial charge in [0.05, 0.1) is 11.6 Å². The minimum absolute atomic E-state index is 0.0210. The van der Waals surface area contributed by atoms with Crippen molar-refractivity contribution in [3.8, 4) is 0 Å². The van der Waals surface area contributed by atoms with E-state index in [1.165, 1.54) is 57.8 Å². The van der Waals surface area contributed by atoms with Gasteiger partial charge in [-0.05, 0) is 44.4 Å². The molecule has 0 spiro atoms. The van der Waals surface area contributed by atoms with Crippen molar-refractivity contribution in [2.24, 2.45) is 17.7 Å². The predicted molar refractivity (Wildman–Crippen MR) is 79.7 cm³/mol. The number of nitrogens with one attached hydrogen (secondary N) is 1. The zero-order valence-electron chi connectivity index (χ0n) is 12.8. The van der Waals surface area contributed by atoms with Gasteiger partial charge in [-0.25, -0.2) is 0 Å². The SMILES string of the molecule is CCOC1(C(NN)C2CCC(CC)CC2)CCCC1. The van der Waals surface area contributed by atoms with Crippen molar-refractivity contribution in [1.29, 1.82) is 0 Å². The molecule has 112 valence electrons. The lowest BCUT2D eigenvalue weighted by molar-refractivity contribution is -0.0803. The maximum atomic E-state index is 6.21. The predicted octanol–water partition coefficient (Wildman–Crippen LogP) is 3.38. The molecule has 3 N–H and O–H groups in total. The van der Waals surface area contributed by atoms with Crippen LogP contribution in [0.4, 0.5) is 0 Å². The van der Waals surface area contributed by atoms with Crippen LogP contribution in [0.15, 0.2) is 0 Å². The number of hydrogen-bond acceptors (Lipinski definition) is 3. The molecule has 19 heavy (non-hydrogen) atoms. The number of hydrazine groups is 1. The van der Waals surface area contributed by atoms with Crippen molar-refractivity contribution in [2.45, 2.75) is 83.3 Å². The Kier molecular flexibility index (Phi) is 5.67. The van der Waals surface area contributed by atoms with E-state index in [0.717, 1.165) is 12.5 Å². The van der Waals surface area contributed by atoms with Crippen molar-refractivity contribution in [1.82, 2.24) is 5.43 Å². The Labute approximate surface area is 118 Å². The van der Waals surface area contributed by atoms with E-state index in [2.05, 4.69) is 19.3 Å². The molecule has 0 aromatic rings. The molecule has 0 aromatic heterocycles. The second-order valence-corrected chi connectivity index (χ2v) is 6.54. The van der Waals surface area contributed by atoms with E-state index < -0.39 is 0 Å². The lowest BCUT2D eigenvalue weighted by Gasteiger charge is -2.43. The molecule has 2 aliphatic carbocycles. The smallest absolute Gasteiger partial charge is 0.0850 e. The van der Waals surface area contributed by atoms with E-state index in [0.29, 0.717) is 12.0 Å². The lowest BCUT2D eigenvalue weighted by atomic mass is 9.72. The Morgan fingerprint density at radius 2 is 1.79 bits per heavy atom. The molecular weight excluding hydrogens is 236 g/mol. The van der Waals surface area contributed by atoms with Gasteiger partial charge in [0.25, 0.3) is 0 Å². The first-order chi connectivity index (χ1) is 9.25. The van der Waals surface area contributed by atoms with Gasteiger partial charge in [0.15, 0.2) is 0 Å². The van der Waals surface area contributed by atoms with Gasteiger partial charge >= 0.3 is 0 Å². The summed E-state index contributed by atoms with van der Waals surface area (Å²) in [7, 11) is 0. The molecule has 2 fully saturated rings. The highest BCUT2D eigenvalue weighted by Gasteiger charge is 2.45. The van der Waals surface area contributed by atoms with Crippen molar-refractivity contribution in [3.63, 3.8) is 0 Å². The molecule has 3 nitrogen and oxygen atoms in total. The molecule has 0 aliphatic heterocycles. The maximum Gasteiger partial charge on any atom is 0.0850 e. The van der Waals surface area contributed by atoms with E-state index >= 15 is 0 Å². The van der Waals surface area contributed by atoms with Crippen molar-refractivity contribution in [2.75, 3.05) is 6.61 Å². The summed E-state index contributed by atoms with van der Waals surface area (Å²) >= 11 is 0. The van der Waals surface area contributed by atoms with Crippen LogP contribution in [0.5, 0.6) is 0 Å². The standard InChI is InChI=1S/C16H32N2O/c1-3-13-7-9-14(10-8-13)15(18-17)16(19-4-2)11-5-6-12-16/h13-15,18H,3-12,17H2,1-2H3. The Balaban J connectivity index is 2.02. The summed E-state index contributed by atoms with van der Waals surface area (Å²) in [6.45, 7) is 5.24. The largest absolute Gasteiger partial charge is 0.374 e. The zero-order valence-corrected chi connectivity index (χ0v) is 12.8. The average molecular weight is 268 g/mol. The fourth-order valence-corrected chi connectivity index (χ4v) is 4.45. The topological polar surface area (TPSA) is 47.3 Å². The monoisotopic (exact) mass is 268 g/mol. The van der Waals surface area contributed by atoms with E-state index in [4.69, 9.17) is 10.6 Å². The van der Waals surface area contributed by atoms with Crippen LogP contribution >= 0.6 is 0 Å². The highest BCUT2D eigenvalue weighted by Crippen LogP contribution is 2.43. The molecule has 0 saturated heterocycles. The first-order valence-corrected chi connectivity index (χ1v) is 8.35. The van der Waals surface area contributed by atoms with Gasteiger partial charge in [-0.2, -0.15) is 0 Å². The molecule has 2 aliphatic rings. The molecule has 3 heteroatoms. The summed E-state index contributed by atoms with van der Waals surface area (Å²) in [6, 6.07) is 0.354. The molecule has 1 atom stereocenters. The summed E-state index contributed by atoms with van der Waals surface area (Å²) in [5.74, 6) is 7.59. The van der Waals surface area contributed by atoms with Gasteiger partial charge in [-0.15, -0.1) is 0 Å². The third-order valence-corrected chi connectivity index (χ3v) is 5.57. The molecule has 2 rings (SSSR count). The normalized spacial score (nSPS) is 32.4. The number of hydrogen-bond donors (Lipinski definition) is 2. The van der Waals surface area contributed by atoms with Gasteiger partial charge in [-0.3, -0.25) is 11.3 Å². The summed E-state index contributed by atoms with van der Waals surface area (Å²) in [5, 5.41) is 0. The molecule has 2 saturated carbocycles. The molecule has 0 bridgehead atoms. The zero-order chi connectivity index (χ0) is 13.7. The molecular formula is C16H32N2O. The number of rotatable bonds is 6. The molecule has 0 amide bonds. The molecule has 0 heterocycles. The van der Waals surface area contributed by atoms with Gasteiger partial charge in [0.1, 0.15) is 0 Å². The Morgan fingerprint density at radius 1 is 1.16 bits per heavy atom. The molecule has 0 radical (unpaired) electrons. The Morgan fingerprint density at radius 3 is 2.26 bits per heavy atom. The van der Waals surface area contributed by atoms with Crippen LogP contribution in [-0.2, 0) is 4.74 Å². The molecule has 0 aromatic carbocycles. The summed E-state index contributed by atoms with van der Waals surface area (Å²) in [6.07, 6.45) is 11.7. The van der Waals surface area contributed by atoms with Crippen LogP contribution in [0.25, 0.3) is 0 Å². The maximum absolute atomic E-state index is 6.21. The second-order valence-electron chi connectivity index (χ2n) is 6.54. The molecule has 1 unspecified atom stereocenters. The third kappa shape index (κ3) is 3.32. The van der Waals surface area contributed by atoms with E-state index in [1.807, 2.05) is 0 Å². The van der Waals surface area contributed by atoms with E-state index in [-0.39, 0.29) is 5.60 Å². The van der Waals surface area contributed by atoms with Gasteiger partial charge in [0.2, 0.25) is 0 Å².